The molecule has 8 rings (SSSR count). The summed E-state index contributed by atoms with van der Waals surface area (Å²) in [6.07, 6.45) is 12.3. The van der Waals surface area contributed by atoms with Crippen LogP contribution in [0, 0.1) is 0 Å². The average Bonchev–Trinajstić information content (AvgIpc) is 3.82. The molecule has 0 fully saturated rings. The number of carbonyl (C=O) groups is 2. The van der Waals surface area contributed by atoms with Gasteiger partial charge >= 0.3 is 365 Å². The number of hydrogen-bond donors (Lipinski definition) is 2. The summed E-state index contributed by atoms with van der Waals surface area (Å²) in [4.78, 5) is 28.4. The monoisotopic (exact) mass is 918 g/mol. The maximum absolute atomic E-state index is 14.2. The fourth-order valence-corrected chi connectivity index (χ4v) is 65.0. The summed E-state index contributed by atoms with van der Waals surface area (Å²) in [6, 6.07) is 56.2. The van der Waals surface area contributed by atoms with Gasteiger partial charge < -0.3 is 0 Å². The molecule has 6 aromatic rings. The van der Waals surface area contributed by atoms with Crippen molar-refractivity contribution < 1.29 is 26.8 Å². The van der Waals surface area contributed by atoms with Crippen LogP contribution >= 0.6 is 0 Å². The van der Waals surface area contributed by atoms with E-state index in [1.54, 1.807) is 0 Å². The summed E-state index contributed by atoms with van der Waals surface area (Å²) in [5, 5.41) is 0. The fourth-order valence-electron chi connectivity index (χ4n) is 9.81. The molecule has 0 heterocycles. The van der Waals surface area contributed by atoms with Crippen molar-refractivity contribution in [2.45, 2.75) is 47.8 Å². The Bertz CT molecular complexity index is 2510. The first-order chi connectivity index (χ1) is 29.3. The first-order valence-electron chi connectivity index (χ1n) is 21.2. The summed E-state index contributed by atoms with van der Waals surface area (Å²) >= 11 is -8.32. The molecule has 0 saturated carbocycles. The Morgan fingerprint density at radius 3 is 1.45 bits per heavy atom. The van der Waals surface area contributed by atoms with Gasteiger partial charge in [0.15, 0.2) is 0 Å². The van der Waals surface area contributed by atoms with Crippen molar-refractivity contribution in [2.24, 2.45) is 0 Å². The molecule has 0 aromatic heterocycles. The van der Waals surface area contributed by atoms with Gasteiger partial charge in [0.05, 0.1) is 0 Å². The Morgan fingerprint density at radius 1 is 0.567 bits per heavy atom. The molecule has 6 aromatic carbocycles. The van der Waals surface area contributed by atoms with Gasteiger partial charge in [-0.1, -0.05) is 0 Å². The third-order valence-electron chi connectivity index (χ3n) is 12.3. The fraction of sp³-hybridized carbons (Fsp3) is 0.148. The van der Waals surface area contributed by atoms with E-state index in [2.05, 4.69) is 204 Å². The van der Waals surface area contributed by atoms with Gasteiger partial charge in [-0.3, -0.25) is 0 Å². The number of carbonyl (C=O) groups excluding carboxylic acids is 2. The summed E-state index contributed by atoms with van der Waals surface area (Å²) in [6.45, 7) is 8.47. The zero-order valence-electron chi connectivity index (χ0n) is 34.9. The van der Waals surface area contributed by atoms with Crippen LogP contribution < -0.4 is 8.05 Å². The van der Waals surface area contributed by atoms with Crippen LogP contribution in [-0.2, 0) is 26.8 Å². The number of allylic oxidation sites excluding steroid dienone is 4. The van der Waals surface area contributed by atoms with Crippen LogP contribution in [0.4, 0.5) is 0 Å². The summed E-state index contributed by atoms with van der Waals surface area (Å²) in [7, 11) is 0. The SMILES string of the molecule is CCC(=O)[NH][Ga]([NH]C(=O)CC)[Zr]([C](=CC=Cc1ccccc1)c1ccccc1)([CH]1C(C)=Cc2c(-c3ccccc3)cccc21)[CH]1C(C)=Cc2c(-c3ccccc3)cccc21. The van der Waals surface area contributed by atoms with Crippen molar-refractivity contribution in [3.63, 3.8) is 0 Å². The van der Waals surface area contributed by atoms with E-state index in [9.17, 15) is 9.59 Å². The van der Waals surface area contributed by atoms with E-state index < -0.39 is 29.8 Å². The van der Waals surface area contributed by atoms with Crippen molar-refractivity contribution >= 4 is 46.0 Å². The van der Waals surface area contributed by atoms with Crippen molar-refractivity contribution in [3.05, 3.63) is 214 Å². The van der Waals surface area contributed by atoms with E-state index in [0.29, 0.717) is 12.8 Å². The molecule has 2 aliphatic rings. The van der Waals surface area contributed by atoms with E-state index in [4.69, 9.17) is 0 Å². The van der Waals surface area contributed by atoms with Gasteiger partial charge in [0, 0.05) is 0 Å². The van der Waals surface area contributed by atoms with Gasteiger partial charge in [-0.2, -0.15) is 0 Å². The normalized spacial score (nSPS) is 16.6. The van der Waals surface area contributed by atoms with Crippen LogP contribution in [0.2, 0.25) is 0 Å². The van der Waals surface area contributed by atoms with Gasteiger partial charge in [-0.15, -0.1) is 0 Å². The van der Waals surface area contributed by atoms with Crippen LogP contribution in [0.25, 0.3) is 43.8 Å². The van der Waals surface area contributed by atoms with Crippen LogP contribution in [0.1, 0.15) is 81.2 Å². The van der Waals surface area contributed by atoms with Crippen LogP contribution in [0.3, 0.4) is 0 Å². The van der Waals surface area contributed by atoms with Crippen LogP contribution in [0.15, 0.2) is 181 Å². The van der Waals surface area contributed by atoms with E-state index >= 15 is 0 Å². The second kappa shape index (κ2) is 18.6. The molecule has 2 aliphatic carbocycles. The van der Waals surface area contributed by atoms with Gasteiger partial charge in [0.1, 0.15) is 0 Å². The summed E-state index contributed by atoms with van der Waals surface area (Å²) < 4.78 is 8.84. The van der Waals surface area contributed by atoms with Crippen LogP contribution in [-0.4, -0.2) is 24.5 Å². The van der Waals surface area contributed by atoms with E-state index in [0.717, 1.165) is 11.1 Å². The second-order valence-electron chi connectivity index (χ2n) is 15.9. The molecule has 0 aliphatic heterocycles. The Morgan fingerprint density at radius 2 is 1.00 bits per heavy atom. The van der Waals surface area contributed by atoms with Crippen LogP contribution in [0.5, 0.6) is 0 Å². The van der Waals surface area contributed by atoms with E-state index in [1.165, 1.54) is 58.9 Å². The Labute approximate surface area is 362 Å². The first-order valence-corrected chi connectivity index (χ1v) is 36.2. The number of amides is 2. The molecule has 2 N–H and O–H groups in total. The number of nitrogens with one attached hydrogen (secondary N) is 2. The molecule has 0 saturated heterocycles. The molecule has 4 nitrogen and oxygen atoms in total. The Kier molecular flexibility index (Phi) is 12.8. The number of rotatable bonds is 13. The number of hydrogen-bond acceptors (Lipinski definition) is 2. The van der Waals surface area contributed by atoms with E-state index in [-0.39, 0.29) is 19.1 Å². The first kappa shape index (κ1) is 41.5. The summed E-state index contributed by atoms with van der Waals surface area (Å²) in [5.41, 5.74) is 14.7. The molecule has 60 heavy (non-hydrogen) atoms. The van der Waals surface area contributed by atoms with Gasteiger partial charge in [0.25, 0.3) is 0 Å². The molecule has 2 atom stereocenters. The molecule has 296 valence electrons. The van der Waals surface area contributed by atoms with Crippen molar-refractivity contribution in [1.82, 2.24) is 8.05 Å². The third-order valence-corrected chi connectivity index (χ3v) is 56.8. The Balaban J connectivity index is 1.52. The zero-order valence-corrected chi connectivity index (χ0v) is 39.7. The molecular weight excluding hydrogens is 870 g/mol. The number of fused-ring (bicyclic) bond motifs is 2. The predicted molar refractivity (Wildman–Crippen MR) is 249 cm³/mol. The third kappa shape index (κ3) is 8.01. The second-order valence-corrected chi connectivity index (χ2v) is 46.9. The Hall–Kier alpha value is -5.26. The minimum atomic E-state index is -4.72. The number of benzene rings is 6. The molecule has 0 bridgehead atoms. The summed E-state index contributed by atoms with van der Waals surface area (Å²) in [5.74, 6) is 0.000919. The molecule has 0 spiro atoms. The molecular formula is C54H51GaN2O2Zr. The van der Waals surface area contributed by atoms with E-state index in [1.807, 2.05) is 19.9 Å². The van der Waals surface area contributed by atoms with Gasteiger partial charge in [-0.05, 0) is 0 Å². The van der Waals surface area contributed by atoms with Crippen molar-refractivity contribution in [1.29, 1.82) is 0 Å². The molecule has 6 heteroatoms. The molecule has 0 radical (unpaired) electrons. The van der Waals surface area contributed by atoms with Gasteiger partial charge in [0.2, 0.25) is 0 Å². The van der Waals surface area contributed by atoms with Gasteiger partial charge in [-0.25, -0.2) is 0 Å². The maximum atomic E-state index is 14.2. The molecule has 2 amide bonds. The van der Waals surface area contributed by atoms with Crippen molar-refractivity contribution in [3.8, 4) is 22.3 Å². The quantitative estimate of drug-likeness (QED) is 0.0896. The molecule has 2 unspecified atom stereocenters. The predicted octanol–water partition coefficient (Wildman–Crippen LogP) is 12.6. The topological polar surface area (TPSA) is 58.2 Å². The zero-order chi connectivity index (χ0) is 41.6. The average molecular weight is 921 g/mol. The standard InChI is InChI=1S/3C16H13.2C3H7NO.Ga.Zr/c2*1-12-10-14-8-5-9-15(16(14)11-12)13-6-3-2-4-7-13;1-3-9-15(10-4-1)13-7-8-14-16-11-5-2-6-12-16;2*1-2-3(4)5;;/h2*2-11H,1H3;1-13H;2*2H2,1H3,(H2,4,5);;/q;;;;;+2;/p-2. The van der Waals surface area contributed by atoms with Crippen molar-refractivity contribution in [2.75, 3.05) is 0 Å². The minimum absolute atomic E-state index is 0.000459.